The number of primary amides is 1. The van der Waals surface area contributed by atoms with Gasteiger partial charge in [-0.2, -0.15) is 0 Å². The zero-order valence-electron chi connectivity index (χ0n) is 19.5. The molecule has 0 radical (unpaired) electrons. The number of piperidine rings is 1. The summed E-state index contributed by atoms with van der Waals surface area (Å²) in [5.74, 6) is -0.316. The summed E-state index contributed by atoms with van der Waals surface area (Å²) < 4.78 is 15.2. The van der Waals surface area contributed by atoms with Crippen molar-refractivity contribution in [3.05, 3.63) is 53.6 Å². The van der Waals surface area contributed by atoms with E-state index in [0.717, 1.165) is 38.9 Å². The monoisotopic (exact) mass is 469 g/mol. The summed E-state index contributed by atoms with van der Waals surface area (Å²) >= 11 is 0. The highest BCUT2D eigenvalue weighted by atomic mass is 16.6. The normalized spacial score (nSPS) is 14.3. The van der Waals surface area contributed by atoms with Crippen LogP contribution in [0.5, 0.6) is 11.5 Å². The largest absolute Gasteiger partial charge is 0.493 e. The average molecular weight is 470 g/mol. The van der Waals surface area contributed by atoms with Gasteiger partial charge in [-0.15, -0.1) is 0 Å². The van der Waals surface area contributed by atoms with E-state index in [0.29, 0.717) is 22.7 Å². The quantitative estimate of drug-likeness (QED) is 0.512. The van der Waals surface area contributed by atoms with Crippen molar-refractivity contribution in [3.63, 3.8) is 0 Å². The third-order valence-corrected chi connectivity index (χ3v) is 5.92. The van der Waals surface area contributed by atoms with E-state index in [-0.39, 0.29) is 24.3 Å². The Balaban J connectivity index is 1.51. The molecule has 0 spiro atoms. The minimum absolute atomic E-state index is 0.00250. The molecule has 1 aliphatic rings. The number of likely N-dealkylation sites (tertiary alicyclic amines) is 1. The van der Waals surface area contributed by atoms with Crippen LogP contribution in [0.15, 0.2) is 42.5 Å². The fraction of sp³-hybridized carbons (Fsp3) is 0.400. The van der Waals surface area contributed by atoms with Gasteiger partial charge in [-0.1, -0.05) is 12.1 Å². The number of rotatable bonds is 10. The lowest BCUT2D eigenvalue weighted by molar-refractivity contribution is -0.142. The Morgan fingerprint density at radius 2 is 1.74 bits per heavy atom. The molecule has 3 rings (SSSR count). The lowest BCUT2D eigenvalue weighted by atomic mass is 9.96. The summed E-state index contributed by atoms with van der Waals surface area (Å²) in [4.78, 5) is 37.6. The summed E-state index contributed by atoms with van der Waals surface area (Å²) in [5, 5.41) is 2.87. The molecular weight excluding hydrogens is 438 g/mol. The van der Waals surface area contributed by atoms with Gasteiger partial charge >= 0.3 is 5.97 Å². The van der Waals surface area contributed by atoms with Crippen LogP contribution in [0, 0.1) is 5.92 Å². The maximum absolute atomic E-state index is 12.7. The number of carbonyl (C=O) groups excluding carboxylic acids is 3. The fourth-order valence-corrected chi connectivity index (χ4v) is 3.81. The predicted molar refractivity (Wildman–Crippen MR) is 127 cm³/mol. The number of methoxy groups -OCH3 is 2. The fourth-order valence-electron chi connectivity index (χ4n) is 3.81. The Bertz CT molecular complexity index is 1000. The molecule has 2 amide bonds. The number of amides is 2. The molecule has 9 nitrogen and oxygen atoms in total. The Hall–Kier alpha value is -3.59. The Kier molecular flexibility index (Phi) is 8.86. The van der Waals surface area contributed by atoms with E-state index in [2.05, 4.69) is 15.0 Å². The molecule has 34 heavy (non-hydrogen) atoms. The molecule has 0 unspecified atom stereocenters. The molecule has 182 valence electrons. The SMILES string of the molecule is COC(=O)COc1ccc(C(=O)Nc2ccc(CCN3CCC(C(N)=O)CC3)cc2)cc1OC. The van der Waals surface area contributed by atoms with Gasteiger partial charge in [0.2, 0.25) is 5.91 Å². The molecule has 0 bridgehead atoms. The topological polar surface area (TPSA) is 120 Å². The number of hydrogen-bond acceptors (Lipinski definition) is 7. The molecule has 1 saturated heterocycles. The van der Waals surface area contributed by atoms with Gasteiger partial charge in [-0.05, 0) is 68.2 Å². The highest BCUT2D eigenvalue weighted by Crippen LogP contribution is 2.28. The van der Waals surface area contributed by atoms with Gasteiger partial charge in [0.15, 0.2) is 18.1 Å². The molecule has 1 heterocycles. The third-order valence-electron chi connectivity index (χ3n) is 5.92. The zero-order chi connectivity index (χ0) is 24.5. The van der Waals surface area contributed by atoms with Gasteiger partial charge in [0.1, 0.15) is 0 Å². The van der Waals surface area contributed by atoms with Crippen molar-refractivity contribution in [1.82, 2.24) is 4.90 Å². The number of esters is 1. The van der Waals surface area contributed by atoms with E-state index in [1.165, 1.54) is 19.8 Å². The highest BCUT2D eigenvalue weighted by Gasteiger charge is 2.22. The van der Waals surface area contributed by atoms with Gasteiger partial charge < -0.3 is 30.2 Å². The number of nitrogens with zero attached hydrogens (tertiary/aromatic N) is 1. The summed E-state index contributed by atoms with van der Waals surface area (Å²) in [7, 11) is 2.74. The maximum atomic E-state index is 12.7. The lowest BCUT2D eigenvalue weighted by Gasteiger charge is -2.30. The number of benzene rings is 2. The van der Waals surface area contributed by atoms with Crippen LogP contribution >= 0.6 is 0 Å². The van der Waals surface area contributed by atoms with E-state index in [4.69, 9.17) is 15.2 Å². The van der Waals surface area contributed by atoms with Crippen molar-refractivity contribution in [3.8, 4) is 11.5 Å². The molecule has 2 aromatic rings. The summed E-state index contributed by atoms with van der Waals surface area (Å²) in [6, 6.07) is 12.5. The van der Waals surface area contributed by atoms with E-state index < -0.39 is 5.97 Å². The molecular formula is C25H31N3O6. The number of ether oxygens (including phenoxy) is 3. The Labute approximate surface area is 199 Å². The zero-order valence-corrected chi connectivity index (χ0v) is 19.5. The van der Waals surface area contributed by atoms with Crippen LogP contribution in [0.1, 0.15) is 28.8 Å². The van der Waals surface area contributed by atoms with Crippen LogP contribution in [0.2, 0.25) is 0 Å². The van der Waals surface area contributed by atoms with Crippen molar-refractivity contribution in [2.45, 2.75) is 19.3 Å². The van der Waals surface area contributed by atoms with Crippen molar-refractivity contribution >= 4 is 23.5 Å². The minimum Gasteiger partial charge on any atom is -0.493 e. The second-order valence-electron chi connectivity index (χ2n) is 8.15. The number of nitrogens with one attached hydrogen (secondary N) is 1. The predicted octanol–water partition coefficient (Wildman–Crippen LogP) is 2.24. The van der Waals surface area contributed by atoms with Crippen LogP contribution in [-0.4, -0.2) is 63.1 Å². The summed E-state index contributed by atoms with van der Waals surface area (Å²) in [6.45, 7) is 2.44. The van der Waals surface area contributed by atoms with Crippen molar-refractivity contribution in [1.29, 1.82) is 0 Å². The van der Waals surface area contributed by atoms with E-state index in [1.807, 2.05) is 24.3 Å². The first kappa shape index (κ1) is 25.0. The Morgan fingerprint density at radius 1 is 1.03 bits per heavy atom. The first-order chi connectivity index (χ1) is 16.4. The Morgan fingerprint density at radius 3 is 2.35 bits per heavy atom. The number of nitrogens with two attached hydrogens (primary N) is 1. The molecule has 1 aliphatic heterocycles. The average Bonchev–Trinajstić information content (AvgIpc) is 2.86. The molecule has 2 aromatic carbocycles. The first-order valence-electron chi connectivity index (χ1n) is 11.2. The van der Waals surface area contributed by atoms with Gasteiger partial charge in [-0.3, -0.25) is 9.59 Å². The van der Waals surface area contributed by atoms with Crippen molar-refractivity contribution < 1.29 is 28.6 Å². The molecule has 0 aliphatic carbocycles. The lowest BCUT2D eigenvalue weighted by Crippen LogP contribution is -2.39. The summed E-state index contributed by atoms with van der Waals surface area (Å²) in [6.07, 6.45) is 2.53. The van der Waals surface area contributed by atoms with Crippen molar-refractivity contribution in [2.24, 2.45) is 11.7 Å². The molecule has 0 aromatic heterocycles. The standard InChI is InChI=1S/C25H31N3O6/c1-32-22-15-19(5-8-21(22)34-16-23(29)33-2)25(31)27-20-6-3-17(4-7-20)9-12-28-13-10-18(11-14-28)24(26)30/h3-8,15,18H,9-14,16H2,1-2H3,(H2,26,30)(H,27,31). The van der Waals surface area contributed by atoms with E-state index in [9.17, 15) is 14.4 Å². The smallest absolute Gasteiger partial charge is 0.343 e. The van der Waals surface area contributed by atoms with Gasteiger partial charge in [0, 0.05) is 23.7 Å². The molecule has 3 N–H and O–H groups in total. The van der Waals surface area contributed by atoms with Crippen molar-refractivity contribution in [2.75, 3.05) is 45.8 Å². The summed E-state index contributed by atoms with van der Waals surface area (Å²) in [5.41, 5.74) is 7.64. The molecule has 9 heteroatoms. The molecule has 0 saturated carbocycles. The van der Waals surface area contributed by atoms with Gasteiger partial charge in [0.25, 0.3) is 5.91 Å². The van der Waals surface area contributed by atoms with Crippen LogP contribution in [0.3, 0.4) is 0 Å². The van der Waals surface area contributed by atoms with Crippen LogP contribution < -0.4 is 20.5 Å². The van der Waals surface area contributed by atoms with Gasteiger partial charge in [-0.25, -0.2) is 4.79 Å². The first-order valence-corrected chi connectivity index (χ1v) is 11.2. The highest BCUT2D eigenvalue weighted by molar-refractivity contribution is 6.04. The van der Waals surface area contributed by atoms with Crippen LogP contribution in [0.25, 0.3) is 0 Å². The molecule has 0 atom stereocenters. The van der Waals surface area contributed by atoms with E-state index >= 15 is 0 Å². The van der Waals surface area contributed by atoms with Crippen LogP contribution in [-0.2, 0) is 20.7 Å². The number of anilines is 1. The maximum Gasteiger partial charge on any atom is 0.343 e. The minimum atomic E-state index is -0.514. The van der Waals surface area contributed by atoms with E-state index in [1.54, 1.807) is 18.2 Å². The molecule has 1 fully saturated rings. The number of hydrogen-bond donors (Lipinski definition) is 2. The number of carbonyl (C=O) groups is 3. The third kappa shape index (κ3) is 6.95. The second kappa shape index (κ2) is 12.0. The van der Waals surface area contributed by atoms with Crippen LogP contribution in [0.4, 0.5) is 5.69 Å². The second-order valence-corrected chi connectivity index (χ2v) is 8.15. The van der Waals surface area contributed by atoms with Gasteiger partial charge in [0.05, 0.1) is 14.2 Å².